The first-order chi connectivity index (χ1) is 9.15. The van der Waals surface area contributed by atoms with Crippen molar-refractivity contribution in [1.29, 1.82) is 0 Å². The van der Waals surface area contributed by atoms with E-state index in [1.807, 2.05) is 0 Å². The third kappa shape index (κ3) is 6.73. The fourth-order valence-corrected chi connectivity index (χ4v) is 3.99. The quantitative estimate of drug-likeness (QED) is 0.281. The molecule has 1 aromatic carbocycles. The molecule has 0 aromatic heterocycles. The van der Waals surface area contributed by atoms with Gasteiger partial charge in [0.05, 0.1) is 15.1 Å². The molecule has 0 fully saturated rings. The molecule has 0 aliphatic heterocycles. The maximum absolute atomic E-state index is 9.58. The van der Waals surface area contributed by atoms with Crippen molar-refractivity contribution in [1.82, 2.24) is 0 Å². The van der Waals surface area contributed by atoms with Gasteiger partial charge in [0, 0.05) is 29.5 Å². The standard InChI is InChI=1S/C6HCl5N.C6H16OSi.Zn/c7-1-2(8)4(10)6(12)5(11)3(1)9;1-4-8(7,5-2)6-3;/h12H;7H,4-6H2,1-3H3;/q-1;;. The number of rotatable bonds is 3. The average molecular weight is 462 g/mol. The number of nitrogens with one attached hydrogen (secondary N) is 1. The molecule has 2 N–H and O–H groups in total. The maximum atomic E-state index is 9.58. The Morgan fingerprint density at radius 3 is 1.19 bits per heavy atom. The topological polar surface area (TPSA) is 44.0 Å². The second kappa shape index (κ2) is 10.9. The van der Waals surface area contributed by atoms with E-state index in [0.717, 1.165) is 18.1 Å². The van der Waals surface area contributed by atoms with Gasteiger partial charge in [-0.05, 0) is 18.1 Å². The Balaban J connectivity index is 0. The molecule has 0 amide bonds. The molecule has 2 nitrogen and oxygen atoms in total. The molecular weight excluding hydrogens is 445 g/mol. The summed E-state index contributed by atoms with van der Waals surface area (Å²) in [5.74, 6) is 0. The van der Waals surface area contributed by atoms with Crippen LogP contribution < -0.4 is 0 Å². The van der Waals surface area contributed by atoms with E-state index in [0.29, 0.717) is 0 Å². The molecule has 1 rings (SSSR count). The van der Waals surface area contributed by atoms with Gasteiger partial charge >= 0.3 is 0 Å². The minimum atomic E-state index is -1.67. The molecule has 0 bridgehead atoms. The second-order valence-electron chi connectivity index (χ2n) is 4.23. The van der Waals surface area contributed by atoms with E-state index in [1.54, 1.807) is 0 Å². The van der Waals surface area contributed by atoms with E-state index < -0.39 is 8.32 Å². The molecule has 0 heterocycles. The van der Waals surface area contributed by atoms with E-state index in [9.17, 15) is 4.80 Å². The zero-order valence-electron chi connectivity index (χ0n) is 12.2. The van der Waals surface area contributed by atoms with E-state index in [-0.39, 0.29) is 50.3 Å². The van der Waals surface area contributed by atoms with Crippen molar-refractivity contribution in [2.45, 2.75) is 38.9 Å². The van der Waals surface area contributed by atoms with Gasteiger partial charge < -0.3 is 10.5 Å². The normalized spacial score (nSPS) is 10.5. The third-order valence-electron chi connectivity index (χ3n) is 3.18. The van der Waals surface area contributed by atoms with Crippen LogP contribution in [0.3, 0.4) is 0 Å². The van der Waals surface area contributed by atoms with Crippen LogP contribution >= 0.6 is 58.0 Å². The van der Waals surface area contributed by atoms with Crippen LogP contribution in [0.15, 0.2) is 0 Å². The molecular formula is C12H17Cl5NOSiZn-. The van der Waals surface area contributed by atoms with Gasteiger partial charge in [0.15, 0.2) is 8.32 Å². The largest absolute Gasteiger partial charge is 0.696 e. The summed E-state index contributed by atoms with van der Waals surface area (Å²) in [7, 11) is -1.67. The van der Waals surface area contributed by atoms with Crippen LogP contribution in [0.1, 0.15) is 20.8 Å². The molecule has 21 heavy (non-hydrogen) atoms. The molecule has 0 aliphatic carbocycles. The van der Waals surface area contributed by atoms with Crippen molar-refractivity contribution in [3.05, 3.63) is 30.8 Å². The van der Waals surface area contributed by atoms with Crippen molar-refractivity contribution < 1.29 is 24.3 Å². The predicted octanol–water partition coefficient (Wildman–Crippen LogP) is 7.62. The average Bonchev–Trinajstić information content (AvgIpc) is 2.48. The first-order valence-electron chi connectivity index (χ1n) is 6.10. The molecule has 118 valence electrons. The van der Waals surface area contributed by atoms with Crippen molar-refractivity contribution in [3.63, 3.8) is 0 Å². The summed E-state index contributed by atoms with van der Waals surface area (Å²) in [6.07, 6.45) is 0. The van der Waals surface area contributed by atoms with E-state index in [1.165, 1.54) is 0 Å². The van der Waals surface area contributed by atoms with Gasteiger partial charge in [-0.15, -0.1) is 5.69 Å². The summed E-state index contributed by atoms with van der Waals surface area (Å²) in [5, 5.41) is 0.201. The Kier molecular flexibility index (Phi) is 12.8. The first kappa shape index (κ1) is 24.5. The fraction of sp³-hybridized carbons (Fsp3) is 0.500. The number of benzene rings is 1. The summed E-state index contributed by atoms with van der Waals surface area (Å²) in [6, 6.07) is 3.04. The van der Waals surface area contributed by atoms with Crippen LogP contribution in [0.5, 0.6) is 0 Å². The molecule has 0 atom stereocenters. The molecule has 0 aliphatic rings. The number of hydrogen-bond acceptors (Lipinski definition) is 1. The van der Waals surface area contributed by atoms with Crippen molar-refractivity contribution >= 4 is 72.0 Å². The van der Waals surface area contributed by atoms with Crippen LogP contribution in [0.25, 0.3) is 5.73 Å². The monoisotopic (exact) mass is 458 g/mol. The minimum absolute atomic E-state index is 0. The van der Waals surface area contributed by atoms with Crippen molar-refractivity contribution in [2.24, 2.45) is 0 Å². The van der Waals surface area contributed by atoms with Gasteiger partial charge in [-0.3, -0.25) is 0 Å². The Morgan fingerprint density at radius 1 is 0.762 bits per heavy atom. The Bertz CT molecular complexity index is 358. The summed E-state index contributed by atoms with van der Waals surface area (Å²) < 4.78 is 0. The van der Waals surface area contributed by atoms with Gasteiger partial charge in [-0.2, -0.15) is 0 Å². The molecule has 0 radical (unpaired) electrons. The van der Waals surface area contributed by atoms with E-state index in [4.69, 9.17) is 63.7 Å². The summed E-state index contributed by atoms with van der Waals surface area (Å²) >= 11 is 28.1. The molecule has 0 saturated carbocycles. The van der Waals surface area contributed by atoms with Crippen molar-refractivity contribution in [3.8, 4) is 0 Å². The molecule has 0 unspecified atom stereocenters. The zero-order valence-corrected chi connectivity index (χ0v) is 19.9. The van der Waals surface area contributed by atoms with E-state index in [2.05, 4.69) is 20.8 Å². The maximum Gasteiger partial charge on any atom is 0.187 e. The smallest absolute Gasteiger partial charge is 0.187 e. The van der Waals surface area contributed by atoms with Gasteiger partial charge in [0.2, 0.25) is 0 Å². The van der Waals surface area contributed by atoms with Crippen LogP contribution in [0.2, 0.25) is 43.2 Å². The third-order valence-corrected chi connectivity index (χ3v) is 9.41. The predicted molar refractivity (Wildman–Crippen MR) is 94.9 cm³/mol. The van der Waals surface area contributed by atoms with Crippen LogP contribution in [-0.2, 0) is 19.5 Å². The SMILES string of the molecule is CC[Si](O)(CC)CC.[NH-]c1c(Cl)c(Cl)c(Cl)c(Cl)c1Cl.[Zn]. The summed E-state index contributed by atoms with van der Waals surface area (Å²) in [4.78, 5) is 9.58. The molecule has 1 aromatic rings. The summed E-state index contributed by atoms with van der Waals surface area (Å²) in [6.45, 7) is 6.25. The molecule has 0 saturated heterocycles. The number of hydrogen-bond donors (Lipinski definition) is 1. The Morgan fingerprint density at radius 2 is 1.00 bits per heavy atom. The first-order valence-corrected chi connectivity index (χ1v) is 10.6. The van der Waals surface area contributed by atoms with Crippen molar-refractivity contribution in [2.75, 3.05) is 0 Å². The van der Waals surface area contributed by atoms with Gasteiger partial charge in [0.25, 0.3) is 0 Å². The molecule has 9 heteroatoms. The number of halogens is 5. The minimum Gasteiger partial charge on any atom is -0.696 e. The van der Waals surface area contributed by atoms with Crippen LogP contribution in [0.4, 0.5) is 5.69 Å². The van der Waals surface area contributed by atoms with Gasteiger partial charge in [-0.1, -0.05) is 78.8 Å². The van der Waals surface area contributed by atoms with Gasteiger partial charge in [0.1, 0.15) is 0 Å². The van der Waals surface area contributed by atoms with E-state index >= 15 is 0 Å². The Labute approximate surface area is 165 Å². The molecule has 0 spiro atoms. The van der Waals surface area contributed by atoms with Crippen LogP contribution in [-0.4, -0.2) is 13.1 Å². The Hall–Kier alpha value is 1.27. The fourth-order valence-electron chi connectivity index (χ4n) is 1.35. The summed E-state index contributed by atoms with van der Waals surface area (Å²) in [5.41, 5.74) is 7.22. The second-order valence-corrected chi connectivity index (χ2v) is 10.7. The van der Waals surface area contributed by atoms with Gasteiger partial charge in [-0.25, -0.2) is 0 Å². The zero-order chi connectivity index (χ0) is 16.1. The van der Waals surface area contributed by atoms with Crippen LogP contribution in [0, 0.1) is 0 Å².